The van der Waals surface area contributed by atoms with E-state index in [1.165, 1.54) is 0 Å². The van der Waals surface area contributed by atoms with Crippen molar-refractivity contribution in [2.45, 2.75) is 26.4 Å². The Labute approximate surface area is 88.8 Å². The fourth-order valence-electron chi connectivity index (χ4n) is 1.11. The van der Waals surface area contributed by atoms with Gasteiger partial charge in [-0.3, -0.25) is 4.79 Å². The summed E-state index contributed by atoms with van der Waals surface area (Å²) in [5.41, 5.74) is 0.916. The lowest BCUT2D eigenvalue weighted by Gasteiger charge is -2.12. The van der Waals surface area contributed by atoms with Gasteiger partial charge in [0.25, 0.3) is 0 Å². The molecule has 0 fully saturated rings. The number of ether oxygens (including phenoxy) is 1. The molecular formula is C11H13ClO2. The highest BCUT2D eigenvalue weighted by molar-refractivity contribution is 6.30. The van der Waals surface area contributed by atoms with Gasteiger partial charge >= 0.3 is 5.97 Å². The highest BCUT2D eigenvalue weighted by atomic mass is 35.5. The minimum Gasteiger partial charge on any atom is -0.458 e. The summed E-state index contributed by atoms with van der Waals surface area (Å²) in [5.74, 6) is -0.197. The molecule has 0 aliphatic carbocycles. The number of carbonyl (C=O) groups excluding carboxylic acids is 1. The molecular weight excluding hydrogens is 200 g/mol. The molecule has 14 heavy (non-hydrogen) atoms. The highest BCUT2D eigenvalue weighted by Crippen LogP contribution is 2.20. The second kappa shape index (κ2) is 5.01. The van der Waals surface area contributed by atoms with Crippen LogP contribution in [0.2, 0.25) is 5.02 Å². The number of benzene rings is 1. The van der Waals surface area contributed by atoms with Crippen molar-refractivity contribution in [3.63, 3.8) is 0 Å². The first-order chi connectivity index (χ1) is 6.63. The van der Waals surface area contributed by atoms with Crippen LogP contribution in [0.25, 0.3) is 0 Å². The third-order valence-electron chi connectivity index (χ3n) is 1.91. The van der Waals surface area contributed by atoms with Gasteiger partial charge in [0.15, 0.2) is 0 Å². The van der Waals surface area contributed by atoms with E-state index in [9.17, 15) is 4.79 Å². The molecule has 3 heteroatoms. The van der Waals surface area contributed by atoms with E-state index in [1.807, 2.05) is 19.1 Å². The summed E-state index contributed by atoms with van der Waals surface area (Å²) >= 11 is 5.82. The van der Waals surface area contributed by atoms with E-state index in [0.29, 0.717) is 11.4 Å². The minimum absolute atomic E-state index is 0.197. The number of hydrogen-bond acceptors (Lipinski definition) is 2. The first-order valence-corrected chi connectivity index (χ1v) is 4.96. The van der Waals surface area contributed by atoms with Crippen molar-refractivity contribution in [1.82, 2.24) is 0 Å². The van der Waals surface area contributed by atoms with E-state index in [0.717, 1.165) is 5.56 Å². The van der Waals surface area contributed by atoms with E-state index < -0.39 is 0 Å². The Morgan fingerprint density at radius 3 is 2.86 bits per heavy atom. The van der Waals surface area contributed by atoms with Crippen LogP contribution in [0.3, 0.4) is 0 Å². The fourth-order valence-corrected chi connectivity index (χ4v) is 1.31. The Morgan fingerprint density at radius 2 is 2.29 bits per heavy atom. The molecule has 0 saturated heterocycles. The van der Waals surface area contributed by atoms with Crippen LogP contribution >= 0.6 is 11.6 Å². The fraction of sp³-hybridized carbons (Fsp3) is 0.364. The molecule has 1 aromatic carbocycles. The number of carbonyl (C=O) groups is 1. The second-order valence-corrected chi connectivity index (χ2v) is 3.48. The molecule has 0 aliphatic heterocycles. The van der Waals surface area contributed by atoms with Gasteiger partial charge in [-0.25, -0.2) is 0 Å². The predicted molar refractivity (Wildman–Crippen MR) is 56.3 cm³/mol. The zero-order valence-electron chi connectivity index (χ0n) is 8.29. The van der Waals surface area contributed by atoms with Crippen LogP contribution < -0.4 is 0 Å². The summed E-state index contributed by atoms with van der Waals surface area (Å²) in [7, 11) is 0. The topological polar surface area (TPSA) is 26.3 Å². The number of esters is 1. The van der Waals surface area contributed by atoms with Gasteiger partial charge in [0, 0.05) is 11.4 Å². The van der Waals surface area contributed by atoms with Crippen molar-refractivity contribution in [2.75, 3.05) is 0 Å². The van der Waals surface area contributed by atoms with Crippen LogP contribution in [0.5, 0.6) is 0 Å². The molecule has 0 spiro atoms. The van der Waals surface area contributed by atoms with Gasteiger partial charge in [-0.1, -0.05) is 30.7 Å². The lowest BCUT2D eigenvalue weighted by Crippen LogP contribution is -2.07. The van der Waals surface area contributed by atoms with Gasteiger partial charge in [0.1, 0.15) is 6.10 Å². The molecule has 0 heterocycles. The molecule has 0 aliphatic rings. The Kier molecular flexibility index (Phi) is 3.96. The van der Waals surface area contributed by atoms with Crippen molar-refractivity contribution >= 4 is 17.6 Å². The molecule has 1 aromatic rings. The molecule has 1 rings (SSSR count). The molecule has 0 aromatic heterocycles. The van der Waals surface area contributed by atoms with Gasteiger partial charge in [-0.2, -0.15) is 0 Å². The van der Waals surface area contributed by atoms with Gasteiger partial charge in [0.2, 0.25) is 0 Å². The van der Waals surface area contributed by atoms with Crippen molar-refractivity contribution in [2.24, 2.45) is 0 Å². The monoisotopic (exact) mass is 212 g/mol. The van der Waals surface area contributed by atoms with Gasteiger partial charge in [-0.05, 0) is 24.6 Å². The molecule has 0 N–H and O–H groups in total. The summed E-state index contributed by atoms with van der Waals surface area (Å²) in [5, 5.41) is 0.655. The van der Waals surface area contributed by atoms with Crippen LogP contribution in [0.4, 0.5) is 0 Å². The molecule has 76 valence electrons. The lowest BCUT2D eigenvalue weighted by atomic mass is 10.1. The molecule has 1 atom stereocenters. The van der Waals surface area contributed by atoms with Crippen LogP contribution in [0.1, 0.15) is 31.9 Å². The van der Waals surface area contributed by atoms with Crippen LogP contribution in [0.15, 0.2) is 24.3 Å². The van der Waals surface area contributed by atoms with E-state index in [2.05, 4.69) is 0 Å². The molecule has 1 unspecified atom stereocenters. The van der Waals surface area contributed by atoms with Crippen LogP contribution in [-0.4, -0.2) is 5.97 Å². The Bertz CT molecular complexity index is 323. The number of halogens is 1. The normalized spacial score (nSPS) is 12.2. The van der Waals surface area contributed by atoms with Gasteiger partial charge in [0.05, 0.1) is 0 Å². The van der Waals surface area contributed by atoms with Crippen molar-refractivity contribution in [3.05, 3.63) is 34.9 Å². The van der Waals surface area contributed by atoms with Crippen LogP contribution in [0, 0.1) is 0 Å². The highest BCUT2D eigenvalue weighted by Gasteiger charge is 2.09. The number of hydrogen-bond donors (Lipinski definition) is 0. The molecule has 0 radical (unpaired) electrons. The summed E-state index contributed by atoms with van der Waals surface area (Å²) in [6, 6.07) is 7.32. The molecule has 0 amide bonds. The predicted octanol–water partition coefficient (Wildman–Crippen LogP) is 3.35. The number of rotatable bonds is 3. The van der Waals surface area contributed by atoms with Crippen molar-refractivity contribution in [3.8, 4) is 0 Å². The first kappa shape index (κ1) is 11.1. The zero-order chi connectivity index (χ0) is 10.6. The standard InChI is InChI=1S/C11H13ClO2/c1-3-11(13)14-8(2)9-5-4-6-10(12)7-9/h4-8H,3H2,1-2H3. The third-order valence-corrected chi connectivity index (χ3v) is 2.15. The van der Waals surface area contributed by atoms with Crippen molar-refractivity contribution in [1.29, 1.82) is 0 Å². The van der Waals surface area contributed by atoms with Crippen molar-refractivity contribution < 1.29 is 9.53 Å². The Balaban J connectivity index is 2.69. The summed E-state index contributed by atoms with van der Waals surface area (Å²) in [6.45, 7) is 3.60. The smallest absolute Gasteiger partial charge is 0.306 e. The average Bonchev–Trinajstić information content (AvgIpc) is 2.17. The van der Waals surface area contributed by atoms with E-state index in [-0.39, 0.29) is 12.1 Å². The van der Waals surface area contributed by atoms with Crippen LogP contribution in [-0.2, 0) is 9.53 Å². The van der Waals surface area contributed by atoms with E-state index in [1.54, 1.807) is 19.1 Å². The van der Waals surface area contributed by atoms with E-state index in [4.69, 9.17) is 16.3 Å². The second-order valence-electron chi connectivity index (χ2n) is 3.04. The quantitative estimate of drug-likeness (QED) is 0.719. The zero-order valence-corrected chi connectivity index (χ0v) is 9.04. The maximum absolute atomic E-state index is 11.0. The Hall–Kier alpha value is -1.02. The molecule has 0 saturated carbocycles. The maximum atomic E-state index is 11.0. The minimum atomic E-state index is -0.235. The third kappa shape index (κ3) is 3.04. The summed E-state index contributed by atoms with van der Waals surface area (Å²) in [4.78, 5) is 11.0. The molecule has 2 nitrogen and oxygen atoms in total. The Morgan fingerprint density at radius 1 is 1.57 bits per heavy atom. The summed E-state index contributed by atoms with van der Waals surface area (Å²) in [6.07, 6.45) is 0.159. The largest absolute Gasteiger partial charge is 0.458 e. The SMILES string of the molecule is CCC(=O)OC(C)c1cccc(Cl)c1. The average molecular weight is 213 g/mol. The summed E-state index contributed by atoms with van der Waals surface area (Å²) < 4.78 is 5.14. The lowest BCUT2D eigenvalue weighted by molar-refractivity contribution is -0.148. The maximum Gasteiger partial charge on any atom is 0.306 e. The first-order valence-electron chi connectivity index (χ1n) is 4.58. The van der Waals surface area contributed by atoms with Gasteiger partial charge in [-0.15, -0.1) is 0 Å². The van der Waals surface area contributed by atoms with Gasteiger partial charge < -0.3 is 4.74 Å². The molecule has 0 bridgehead atoms. The van der Waals surface area contributed by atoms with E-state index >= 15 is 0 Å².